The van der Waals surface area contributed by atoms with Crippen molar-refractivity contribution in [3.05, 3.63) is 42.8 Å². The van der Waals surface area contributed by atoms with Crippen LogP contribution in [0.1, 0.15) is 38.2 Å². The minimum Gasteiger partial charge on any atom is -0.0628 e. The molecule has 0 bridgehead atoms. The summed E-state index contributed by atoms with van der Waals surface area (Å²) >= 11 is 0. The summed E-state index contributed by atoms with van der Waals surface area (Å²) in [6.07, 6.45) is 2.25. The van der Waals surface area contributed by atoms with Gasteiger partial charge in [-0.2, -0.15) is 0 Å². The summed E-state index contributed by atoms with van der Waals surface area (Å²) < 4.78 is 0. The van der Waals surface area contributed by atoms with Crippen molar-refractivity contribution in [3.63, 3.8) is 0 Å². The molecule has 0 spiro atoms. The fourth-order valence-corrected chi connectivity index (χ4v) is 1.71. The van der Waals surface area contributed by atoms with Gasteiger partial charge in [0.1, 0.15) is 0 Å². The number of hydrogen-bond acceptors (Lipinski definition) is 0. The van der Waals surface area contributed by atoms with Gasteiger partial charge in [0.05, 0.1) is 0 Å². The van der Waals surface area contributed by atoms with E-state index in [0.717, 1.165) is 12.3 Å². The van der Waals surface area contributed by atoms with E-state index in [0.29, 0.717) is 5.92 Å². The summed E-state index contributed by atoms with van der Waals surface area (Å²) in [6.45, 7) is 8.55. The largest absolute Gasteiger partial charge is 0.0628 e. The van der Waals surface area contributed by atoms with Crippen LogP contribution in [0, 0.1) is 12.8 Å². The standard InChI is InChI=1S/C13H19/c1-4-12(10-11(2)3)13-8-6-5-7-9-13/h5-9,11-12H,1,4,10H2,2-3H3. The van der Waals surface area contributed by atoms with Gasteiger partial charge in [-0.25, -0.2) is 0 Å². The van der Waals surface area contributed by atoms with Crippen molar-refractivity contribution in [2.45, 2.75) is 32.6 Å². The second-order valence-electron chi connectivity index (χ2n) is 4.03. The molecule has 0 aliphatic carbocycles. The highest BCUT2D eigenvalue weighted by Gasteiger charge is 2.10. The molecule has 0 saturated heterocycles. The van der Waals surface area contributed by atoms with Crippen molar-refractivity contribution >= 4 is 0 Å². The fraction of sp³-hybridized carbons (Fsp3) is 0.462. The van der Waals surface area contributed by atoms with Crippen LogP contribution < -0.4 is 0 Å². The van der Waals surface area contributed by atoms with E-state index in [4.69, 9.17) is 0 Å². The molecular formula is C13H19. The Kier molecular flexibility index (Phi) is 4.01. The molecule has 0 aromatic heterocycles. The Bertz CT molecular complexity index is 223. The number of rotatable bonds is 4. The molecule has 13 heavy (non-hydrogen) atoms. The molecule has 0 heteroatoms. The van der Waals surface area contributed by atoms with Gasteiger partial charge in [0.15, 0.2) is 0 Å². The zero-order chi connectivity index (χ0) is 9.68. The van der Waals surface area contributed by atoms with E-state index in [1.54, 1.807) is 0 Å². The SMILES string of the molecule is [CH2]CC(CC(C)C)c1ccccc1. The van der Waals surface area contributed by atoms with Gasteiger partial charge in [-0.1, -0.05) is 51.1 Å². The molecule has 1 radical (unpaired) electrons. The summed E-state index contributed by atoms with van der Waals surface area (Å²) in [5.41, 5.74) is 1.44. The van der Waals surface area contributed by atoms with Gasteiger partial charge < -0.3 is 0 Å². The highest BCUT2D eigenvalue weighted by molar-refractivity contribution is 5.19. The van der Waals surface area contributed by atoms with Crippen molar-refractivity contribution < 1.29 is 0 Å². The average Bonchev–Trinajstić information content (AvgIpc) is 2.15. The molecule has 0 nitrogen and oxygen atoms in total. The van der Waals surface area contributed by atoms with Crippen LogP contribution in [0.25, 0.3) is 0 Å². The van der Waals surface area contributed by atoms with Crippen LogP contribution in [0.2, 0.25) is 0 Å². The van der Waals surface area contributed by atoms with Gasteiger partial charge in [0.25, 0.3) is 0 Å². The number of hydrogen-bond donors (Lipinski definition) is 0. The first-order valence-corrected chi connectivity index (χ1v) is 5.08. The lowest BCUT2D eigenvalue weighted by atomic mass is 9.88. The molecule has 1 atom stereocenters. The van der Waals surface area contributed by atoms with E-state index in [2.05, 4.69) is 51.1 Å². The third kappa shape index (κ3) is 3.22. The van der Waals surface area contributed by atoms with Crippen LogP contribution in [-0.2, 0) is 0 Å². The van der Waals surface area contributed by atoms with Crippen LogP contribution in [0.15, 0.2) is 30.3 Å². The lowest BCUT2D eigenvalue weighted by Crippen LogP contribution is -2.01. The van der Waals surface area contributed by atoms with E-state index in [1.165, 1.54) is 12.0 Å². The monoisotopic (exact) mass is 175 g/mol. The predicted octanol–water partition coefficient (Wildman–Crippen LogP) is 4.04. The van der Waals surface area contributed by atoms with Gasteiger partial charge in [-0.15, -0.1) is 0 Å². The van der Waals surface area contributed by atoms with Crippen molar-refractivity contribution in [2.24, 2.45) is 5.92 Å². The van der Waals surface area contributed by atoms with E-state index in [9.17, 15) is 0 Å². The van der Waals surface area contributed by atoms with Gasteiger partial charge in [0.2, 0.25) is 0 Å². The molecule has 0 N–H and O–H groups in total. The molecule has 0 fully saturated rings. The van der Waals surface area contributed by atoms with Gasteiger partial charge >= 0.3 is 0 Å². The minimum atomic E-state index is 0.640. The summed E-state index contributed by atoms with van der Waals surface area (Å²) in [5, 5.41) is 0. The molecule has 0 saturated carbocycles. The summed E-state index contributed by atoms with van der Waals surface area (Å²) in [7, 11) is 0. The van der Waals surface area contributed by atoms with Crippen molar-refractivity contribution in [1.82, 2.24) is 0 Å². The molecule has 0 aliphatic heterocycles. The van der Waals surface area contributed by atoms with E-state index in [-0.39, 0.29) is 0 Å². The fourth-order valence-electron chi connectivity index (χ4n) is 1.71. The van der Waals surface area contributed by atoms with Crippen molar-refractivity contribution in [1.29, 1.82) is 0 Å². The number of benzene rings is 1. The zero-order valence-electron chi connectivity index (χ0n) is 8.66. The van der Waals surface area contributed by atoms with E-state index < -0.39 is 0 Å². The lowest BCUT2D eigenvalue weighted by Gasteiger charge is -2.17. The van der Waals surface area contributed by atoms with Crippen LogP contribution in [0.4, 0.5) is 0 Å². The third-order valence-corrected chi connectivity index (χ3v) is 2.38. The van der Waals surface area contributed by atoms with Gasteiger partial charge in [-0.05, 0) is 30.2 Å². The quantitative estimate of drug-likeness (QED) is 0.648. The minimum absolute atomic E-state index is 0.640. The first kappa shape index (κ1) is 10.3. The predicted molar refractivity (Wildman–Crippen MR) is 58.6 cm³/mol. The topological polar surface area (TPSA) is 0 Å². The highest BCUT2D eigenvalue weighted by Crippen LogP contribution is 2.26. The zero-order valence-corrected chi connectivity index (χ0v) is 8.66. The van der Waals surface area contributed by atoms with Crippen molar-refractivity contribution in [3.8, 4) is 0 Å². The first-order valence-electron chi connectivity index (χ1n) is 5.08. The molecule has 0 amide bonds. The second kappa shape index (κ2) is 5.06. The van der Waals surface area contributed by atoms with Crippen molar-refractivity contribution in [2.75, 3.05) is 0 Å². The van der Waals surface area contributed by atoms with E-state index >= 15 is 0 Å². The molecular weight excluding hydrogens is 156 g/mol. The second-order valence-corrected chi connectivity index (χ2v) is 4.03. The Hall–Kier alpha value is -0.780. The molecule has 1 aromatic rings. The summed E-state index contributed by atoms with van der Waals surface area (Å²) in [4.78, 5) is 0. The summed E-state index contributed by atoms with van der Waals surface area (Å²) in [5.74, 6) is 1.40. The maximum absolute atomic E-state index is 4.02. The molecule has 1 aromatic carbocycles. The average molecular weight is 175 g/mol. The Labute approximate surface area is 82.0 Å². The molecule has 1 rings (SSSR count). The molecule has 71 valence electrons. The Morgan fingerprint density at radius 1 is 1.15 bits per heavy atom. The lowest BCUT2D eigenvalue weighted by molar-refractivity contribution is 0.501. The smallest absolute Gasteiger partial charge is 0.0160 e. The maximum atomic E-state index is 4.02. The third-order valence-electron chi connectivity index (χ3n) is 2.38. The van der Waals surface area contributed by atoms with E-state index in [1.807, 2.05) is 0 Å². The first-order chi connectivity index (χ1) is 6.24. The summed E-state index contributed by atoms with van der Waals surface area (Å²) in [6, 6.07) is 10.7. The van der Waals surface area contributed by atoms with Gasteiger partial charge in [0, 0.05) is 0 Å². The maximum Gasteiger partial charge on any atom is -0.0160 e. The Morgan fingerprint density at radius 2 is 1.77 bits per heavy atom. The molecule has 1 unspecified atom stereocenters. The van der Waals surface area contributed by atoms with Crippen LogP contribution in [-0.4, -0.2) is 0 Å². The molecule has 0 aliphatic rings. The van der Waals surface area contributed by atoms with Crippen LogP contribution >= 0.6 is 0 Å². The highest BCUT2D eigenvalue weighted by atomic mass is 14.1. The van der Waals surface area contributed by atoms with Crippen LogP contribution in [0.3, 0.4) is 0 Å². The normalized spacial score (nSPS) is 13.2. The van der Waals surface area contributed by atoms with Gasteiger partial charge in [-0.3, -0.25) is 0 Å². The Balaban J connectivity index is 2.67. The van der Waals surface area contributed by atoms with Crippen LogP contribution in [0.5, 0.6) is 0 Å². The Morgan fingerprint density at radius 3 is 2.23 bits per heavy atom. The molecule has 0 heterocycles.